The fourth-order valence-electron chi connectivity index (χ4n) is 4.13. The third kappa shape index (κ3) is 4.45. The quantitative estimate of drug-likeness (QED) is 0.795. The van der Waals surface area contributed by atoms with Crippen LogP contribution in [0.2, 0.25) is 0 Å². The summed E-state index contributed by atoms with van der Waals surface area (Å²) in [6.45, 7) is 5.93. The zero-order valence-electron chi connectivity index (χ0n) is 17.1. The molecule has 0 saturated carbocycles. The molecule has 2 aliphatic heterocycles. The van der Waals surface area contributed by atoms with E-state index in [4.69, 9.17) is 14.2 Å². The highest BCUT2D eigenvalue weighted by molar-refractivity contribution is 5.94. The zero-order chi connectivity index (χ0) is 20.3. The van der Waals surface area contributed by atoms with Crippen molar-refractivity contribution in [2.24, 2.45) is 0 Å². The molecule has 154 valence electrons. The van der Waals surface area contributed by atoms with E-state index in [0.29, 0.717) is 26.3 Å². The van der Waals surface area contributed by atoms with Gasteiger partial charge in [0.15, 0.2) is 0 Å². The van der Waals surface area contributed by atoms with Gasteiger partial charge in [-0.15, -0.1) is 0 Å². The molecule has 0 radical (unpaired) electrons. The molecule has 1 spiro atoms. The van der Waals surface area contributed by atoms with E-state index in [0.717, 1.165) is 30.1 Å². The summed E-state index contributed by atoms with van der Waals surface area (Å²) in [5.41, 5.74) is 2.67. The Morgan fingerprint density at radius 2 is 1.97 bits per heavy atom. The molecule has 6 nitrogen and oxygen atoms in total. The molecule has 0 N–H and O–H groups in total. The fraction of sp³-hybridized carbons (Fsp3) is 0.435. The Morgan fingerprint density at radius 1 is 1.14 bits per heavy atom. The number of hydrogen-bond acceptors (Lipinski definition) is 5. The van der Waals surface area contributed by atoms with Crippen LogP contribution in [0.4, 0.5) is 5.69 Å². The first-order chi connectivity index (χ1) is 14.1. The highest BCUT2D eigenvalue weighted by Crippen LogP contribution is 2.29. The van der Waals surface area contributed by atoms with Crippen LogP contribution in [0.25, 0.3) is 0 Å². The number of morpholine rings is 1. The Kier molecular flexibility index (Phi) is 5.85. The van der Waals surface area contributed by atoms with Gasteiger partial charge in [-0.3, -0.25) is 9.69 Å². The normalized spacial score (nSPS) is 23.2. The number of anilines is 1. The number of hydrogen-bond donors (Lipinski definition) is 0. The molecule has 4 rings (SSSR count). The van der Waals surface area contributed by atoms with Crippen molar-refractivity contribution in [3.63, 3.8) is 0 Å². The van der Waals surface area contributed by atoms with Gasteiger partial charge in [-0.2, -0.15) is 0 Å². The summed E-state index contributed by atoms with van der Waals surface area (Å²) in [5.74, 6) is 0.873. The van der Waals surface area contributed by atoms with E-state index in [1.807, 2.05) is 30.3 Å². The predicted octanol–water partition coefficient (Wildman–Crippen LogP) is 2.64. The summed E-state index contributed by atoms with van der Waals surface area (Å²) in [5, 5.41) is 0. The van der Waals surface area contributed by atoms with Gasteiger partial charge in [0.05, 0.1) is 26.9 Å². The van der Waals surface area contributed by atoms with E-state index in [1.165, 1.54) is 5.56 Å². The zero-order valence-corrected chi connectivity index (χ0v) is 17.1. The van der Waals surface area contributed by atoms with Gasteiger partial charge in [0.1, 0.15) is 18.0 Å². The molecule has 2 fully saturated rings. The molecule has 2 aromatic carbocycles. The lowest BCUT2D eigenvalue weighted by molar-refractivity contribution is -0.136. The highest BCUT2D eigenvalue weighted by Gasteiger charge is 2.42. The predicted molar refractivity (Wildman–Crippen MR) is 111 cm³/mol. The Morgan fingerprint density at radius 3 is 2.76 bits per heavy atom. The summed E-state index contributed by atoms with van der Waals surface area (Å²) in [6, 6.07) is 16.0. The second-order valence-electron chi connectivity index (χ2n) is 7.87. The lowest BCUT2D eigenvalue weighted by Gasteiger charge is -2.43. The van der Waals surface area contributed by atoms with Crippen molar-refractivity contribution in [2.45, 2.75) is 19.1 Å². The first kappa shape index (κ1) is 19.9. The Hall–Kier alpha value is -2.41. The fourth-order valence-corrected chi connectivity index (χ4v) is 4.13. The van der Waals surface area contributed by atoms with Crippen molar-refractivity contribution in [1.29, 1.82) is 0 Å². The van der Waals surface area contributed by atoms with Crippen molar-refractivity contribution in [1.82, 2.24) is 4.90 Å². The molecule has 1 unspecified atom stereocenters. The molecule has 2 saturated heterocycles. The minimum atomic E-state index is -0.543. The summed E-state index contributed by atoms with van der Waals surface area (Å²) >= 11 is 0. The van der Waals surface area contributed by atoms with Crippen LogP contribution < -0.4 is 9.64 Å². The number of carbonyl (C=O) groups is 1. The summed E-state index contributed by atoms with van der Waals surface area (Å²) < 4.78 is 17.6. The number of nitrogens with zero attached hydrogens (tertiary/aromatic N) is 2. The molecule has 2 aliphatic rings. The molecule has 1 atom stereocenters. The van der Waals surface area contributed by atoms with Gasteiger partial charge < -0.3 is 19.1 Å². The lowest BCUT2D eigenvalue weighted by Crippen LogP contribution is -2.59. The molecular formula is C23H28N2O4. The average molecular weight is 396 g/mol. The number of methoxy groups -OCH3 is 1. The van der Waals surface area contributed by atoms with Crippen LogP contribution in [-0.2, 0) is 20.8 Å². The molecule has 1 amide bonds. The van der Waals surface area contributed by atoms with Crippen LogP contribution in [0, 0.1) is 6.92 Å². The van der Waals surface area contributed by atoms with Crippen LogP contribution in [0.1, 0.15) is 11.1 Å². The lowest BCUT2D eigenvalue weighted by atomic mass is 10.0. The second-order valence-corrected chi connectivity index (χ2v) is 7.87. The van der Waals surface area contributed by atoms with Crippen molar-refractivity contribution in [3.05, 3.63) is 59.7 Å². The summed E-state index contributed by atoms with van der Waals surface area (Å²) in [6.07, 6.45) is 0. The first-order valence-electron chi connectivity index (χ1n) is 10.0. The molecule has 29 heavy (non-hydrogen) atoms. The SMILES string of the molecule is COc1cc(C)ccc1CN1CCOC2(COCC(=O)N(c3ccccc3)C2)C1. The number of rotatable bonds is 4. The van der Waals surface area contributed by atoms with Crippen LogP contribution >= 0.6 is 0 Å². The van der Waals surface area contributed by atoms with E-state index in [2.05, 4.69) is 30.0 Å². The largest absolute Gasteiger partial charge is 0.496 e. The first-order valence-corrected chi connectivity index (χ1v) is 10.0. The number of amides is 1. The van der Waals surface area contributed by atoms with E-state index in [1.54, 1.807) is 12.0 Å². The smallest absolute Gasteiger partial charge is 0.253 e. The second kappa shape index (κ2) is 8.53. The van der Waals surface area contributed by atoms with Gasteiger partial charge >= 0.3 is 0 Å². The minimum absolute atomic E-state index is 0.0333. The number of ether oxygens (including phenoxy) is 3. The molecule has 2 aromatic rings. The van der Waals surface area contributed by atoms with Crippen LogP contribution in [0.5, 0.6) is 5.75 Å². The third-order valence-corrected chi connectivity index (χ3v) is 5.57. The molecule has 6 heteroatoms. The maximum Gasteiger partial charge on any atom is 0.253 e. The Labute approximate surface area is 172 Å². The van der Waals surface area contributed by atoms with Crippen molar-refractivity contribution >= 4 is 11.6 Å². The summed E-state index contributed by atoms with van der Waals surface area (Å²) in [7, 11) is 1.71. The summed E-state index contributed by atoms with van der Waals surface area (Å²) in [4.78, 5) is 16.8. The monoisotopic (exact) mass is 396 g/mol. The van der Waals surface area contributed by atoms with E-state index in [-0.39, 0.29) is 12.5 Å². The van der Waals surface area contributed by atoms with Gasteiger partial charge in [-0.25, -0.2) is 0 Å². The highest BCUT2D eigenvalue weighted by atomic mass is 16.5. The van der Waals surface area contributed by atoms with Gasteiger partial charge in [-0.1, -0.05) is 30.3 Å². The minimum Gasteiger partial charge on any atom is -0.496 e. The Bertz CT molecular complexity index is 857. The van der Waals surface area contributed by atoms with Crippen LogP contribution in [0.15, 0.2) is 48.5 Å². The number of para-hydroxylation sites is 1. The maximum atomic E-state index is 12.6. The van der Waals surface area contributed by atoms with E-state index >= 15 is 0 Å². The van der Waals surface area contributed by atoms with Gasteiger partial charge in [-0.05, 0) is 30.7 Å². The molecule has 0 aromatic heterocycles. The maximum absolute atomic E-state index is 12.6. The molecule has 2 heterocycles. The van der Waals surface area contributed by atoms with Gasteiger partial charge in [0.25, 0.3) is 5.91 Å². The van der Waals surface area contributed by atoms with Crippen LogP contribution in [-0.4, -0.2) is 63.0 Å². The van der Waals surface area contributed by atoms with Crippen molar-refractivity contribution in [3.8, 4) is 5.75 Å². The Balaban J connectivity index is 1.53. The third-order valence-electron chi connectivity index (χ3n) is 5.57. The topological polar surface area (TPSA) is 51.2 Å². The van der Waals surface area contributed by atoms with Gasteiger partial charge in [0.2, 0.25) is 0 Å². The number of benzene rings is 2. The molecule has 0 aliphatic carbocycles. The number of aryl methyl sites for hydroxylation is 1. The van der Waals surface area contributed by atoms with E-state index in [9.17, 15) is 4.79 Å². The molecular weight excluding hydrogens is 368 g/mol. The average Bonchev–Trinajstić information content (AvgIpc) is 2.89. The molecule has 0 bridgehead atoms. The van der Waals surface area contributed by atoms with Gasteiger partial charge in [0, 0.05) is 30.9 Å². The standard InChI is InChI=1S/C23H28N2O4/c1-18-8-9-19(21(12-18)27-2)13-24-10-11-29-23(15-24)16-25(22(26)14-28-17-23)20-6-4-3-5-7-20/h3-9,12H,10-11,13-17H2,1-2H3. The van der Waals surface area contributed by atoms with Crippen LogP contribution in [0.3, 0.4) is 0 Å². The number of carbonyl (C=O) groups excluding carboxylic acids is 1. The van der Waals surface area contributed by atoms with E-state index < -0.39 is 5.60 Å². The van der Waals surface area contributed by atoms with Crippen molar-refractivity contribution in [2.75, 3.05) is 51.5 Å². The van der Waals surface area contributed by atoms with Crippen molar-refractivity contribution < 1.29 is 19.0 Å².